The normalized spacial score (nSPS) is 14.9. The van der Waals surface area contributed by atoms with E-state index >= 15 is 0 Å². The maximum absolute atomic E-state index is 4.70. The van der Waals surface area contributed by atoms with Crippen molar-refractivity contribution in [2.75, 3.05) is 43.4 Å². The van der Waals surface area contributed by atoms with Crippen molar-refractivity contribution in [3.05, 3.63) is 66.4 Å². The van der Waals surface area contributed by atoms with E-state index in [4.69, 9.17) is 4.98 Å². The zero-order valence-corrected chi connectivity index (χ0v) is 17.4. The molecule has 0 atom stereocenters. The van der Waals surface area contributed by atoms with E-state index in [9.17, 15) is 0 Å². The molecule has 5 rings (SSSR count). The maximum atomic E-state index is 4.70. The van der Waals surface area contributed by atoms with Gasteiger partial charge in [-0.15, -0.1) is 0 Å². The number of hydrogen-bond donors (Lipinski definition) is 2. The number of nitrogens with zero attached hydrogens (tertiary/aromatic N) is 4. The second-order valence-corrected chi connectivity index (χ2v) is 7.95. The van der Waals surface area contributed by atoms with Gasteiger partial charge in [-0.25, -0.2) is 9.97 Å². The van der Waals surface area contributed by atoms with Gasteiger partial charge in [-0.3, -0.25) is 0 Å². The molecule has 6 nitrogen and oxygen atoms in total. The fraction of sp³-hybridized carbons (Fsp3) is 0.250. The molecule has 30 heavy (non-hydrogen) atoms. The number of fused-ring (bicyclic) bond motifs is 1. The number of anilines is 3. The Bertz CT molecular complexity index is 1160. The third-order valence-corrected chi connectivity index (χ3v) is 5.80. The molecule has 0 radical (unpaired) electrons. The lowest BCUT2D eigenvalue weighted by Gasteiger charge is -2.34. The van der Waals surface area contributed by atoms with Crippen LogP contribution in [-0.4, -0.2) is 53.1 Å². The Balaban J connectivity index is 1.33. The molecule has 0 amide bonds. The summed E-state index contributed by atoms with van der Waals surface area (Å²) in [5.74, 6) is 0.602. The second-order valence-electron chi connectivity index (χ2n) is 7.95. The summed E-state index contributed by atoms with van der Waals surface area (Å²) < 4.78 is 0. The molecule has 6 heteroatoms. The second kappa shape index (κ2) is 7.80. The smallest absolute Gasteiger partial charge is 0.227 e. The highest BCUT2D eigenvalue weighted by atomic mass is 15.2. The van der Waals surface area contributed by atoms with Gasteiger partial charge in [0.25, 0.3) is 0 Å². The van der Waals surface area contributed by atoms with Crippen LogP contribution in [0.3, 0.4) is 0 Å². The van der Waals surface area contributed by atoms with Gasteiger partial charge in [0.15, 0.2) is 0 Å². The first kappa shape index (κ1) is 18.6. The molecule has 0 bridgehead atoms. The van der Waals surface area contributed by atoms with Gasteiger partial charge in [-0.1, -0.05) is 24.3 Å². The molecule has 2 aromatic carbocycles. The van der Waals surface area contributed by atoms with Gasteiger partial charge in [0, 0.05) is 48.8 Å². The first-order chi connectivity index (χ1) is 14.7. The first-order valence-corrected chi connectivity index (χ1v) is 10.4. The number of benzene rings is 2. The van der Waals surface area contributed by atoms with Crippen molar-refractivity contribution in [3.63, 3.8) is 0 Å². The zero-order valence-electron chi connectivity index (χ0n) is 17.4. The number of aromatic amines is 1. The van der Waals surface area contributed by atoms with Gasteiger partial charge in [-0.05, 0) is 49.9 Å². The lowest BCUT2D eigenvalue weighted by atomic mass is 10.1. The Morgan fingerprint density at radius 2 is 1.73 bits per heavy atom. The molecule has 0 unspecified atom stereocenters. The summed E-state index contributed by atoms with van der Waals surface area (Å²) in [5, 5.41) is 3.33. The maximum Gasteiger partial charge on any atom is 0.227 e. The van der Waals surface area contributed by atoms with Crippen LogP contribution in [0.5, 0.6) is 0 Å². The fourth-order valence-corrected chi connectivity index (χ4v) is 3.95. The predicted octanol–water partition coefficient (Wildman–Crippen LogP) is 4.43. The number of H-pyrrole nitrogens is 1. The van der Waals surface area contributed by atoms with E-state index in [2.05, 4.69) is 93.7 Å². The van der Waals surface area contributed by atoms with Crippen molar-refractivity contribution in [1.82, 2.24) is 19.9 Å². The molecule has 3 heterocycles. The zero-order chi connectivity index (χ0) is 20.5. The van der Waals surface area contributed by atoms with E-state index in [-0.39, 0.29) is 0 Å². The Hall–Kier alpha value is -3.38. The number of aromatic nitrogens is 3. The predicted molar refractivity (Wildman–Crippen MR) is 123 cm³/mol. The van der Waals surface area contributed by atoms with Crippen LogP contribution in [0.2, 0.25) is 0 Å². The Labute approximate surface area is 176 Å². The summed E-state index contributed by atoms with van der Waals surface area (Å²) in [4.78, 5) is 17.4. The third kappa shape index (κ3) is 3.74. The summed E-state index contributed by atoms with van der Waals surface area (Å²) >= 11 is 0. The number of hydrogen-bond acceptors (Lipinski definition) is 5. The quantitative estimate of drug-likeness (QED) is 0.533. The minimum atomic E-state index is 0.602. The molecule has 2 aromatic heterocycles. The topological polar surface area (TPSA) is 60.1 Å². The number of rotatable bonds is 4. The van der Waals surface area contributed by atoms with E-state index in [0.29, 0.717) is 5.95 Å². The molecule has 2 N–H and O–H groups in total. The molecule has 0 aliphatic carbocycles. The number of likely N-dealkylation sites (N-methyl/N-ethyl adjacent to an activating group) is 1. The molecule has 1 aliphatic rings. The Kier molecular flexibility index (Phi) is 4.85. The minimum absolute atomic E-state index is 0.602. The monoisotopic (exact) mass is 398 g/mol. The molecule has 152 valence electrons. The van der Waals surface area contributed by atoms with Crippen molar-refractivity contribution >= 4 is 28.4 Å². The van der Waals surface area contributed by atoms with Crippen LogP contribution in [-0.2, 0) is 0 Å². The van der Waals surface area contributed by atoms with Gasteiger partial charge < -0.3 is 20.1 Å². The van der Waals surface area contributed by atoms with Crippen molar-refractivity contribution in [2.24, 2.45) is 0 Å². The summed E-state index contributed by atoms with van der Waals surface area (Å²) in [7, 11) is 2.18. The molecule has 1 aliphatic heterocycles. The van der Waals surface area contributed by atoms with Gasteiger partial charge >= 0.3 is 0 Å². The molecule has 0 spiro atoms. The largest absolute Gasteiger partial charge is 0.369 e. The van der Waals surface area contributed by atoms with E-state index in [0.717, 1.165) is 48.6 Å². The highest BCUT2D eigenvalue weighted by Crippen LogP contribution is 2.27. The van der Waals surface area contributed by atoms with Gasteiger partial charge in [0.05, 0.1) is 17.2 Å². The van der Waals surface area contributed by atoms with E-state index in [1.54, 1.807) is 0 Å². The summed E-state index contributed by atoms with van der Waals surface area (Å²) in [5.41, 5.74) is 7.57. The lowest BCUT2D eigenvalue weighted by Crippen LogP contribution is -2.44. The highest BCUT2D eigenvalue weighted by Gasteiger charge is 2.14. The minimum Gasteiger partial charge on any atom is -0.369 e. The molecule has 4 aromatic rings. The molecule has 1 fully saturated rings. The van der Waals surface area contributed by atoms with Crippen LogP contribution in [0.25, 0.3) is 22.3 Å². The van der Waals surface area contributed by atoms with Crippen LogP contribution in [0.15, 0.2) is 60.8 Å². The van der Waals surface area contributed by atoms with Crippen LogP contribution in [0.4, 0.5) is 17.3 Å². The summed E-state index contributed by atoms with van der Waals surface area (Å²) in [6.07, 6.45) is 1.84. The van der Waals surface area contributed by atoms with E-state index < -0.39 is 0 Å². The van der Waals surface area contributed by atoms with Crippen LogP contribution in [0.1, 0.15) is 5.56 Å². The number of piperazine rings is 1. The SMILES string of the molecule is Cc1ccccc1-c1cc2nc(Nc3ccc(N4CCN(C)CC4)cc3)ncc2[nH]1. The number of aryl methyl sites for hydroxylation is 1. The average Bonchev–Trinajstić information content (AvgIpc) is 3.18. The standard InChI is InChI=1S/C24H26N6/c1-17-5-3-4-6-20(17)21-15-22-23(27-21)16-25-24(28-22)26-18-7-9-19(10-8-18)30-13-11-29(2)12-14-30/h3-10,15-16,27H,11-14H2,1-2H3,(H,25,26,28). The number of nitrogens with one attached hydrogen (secondary N) is 2. The van der Waals surface area contributed by atoms with E-state index in [1.807, 2.05) is 6.20 Å². The Morgan fingerprint density at radius 1 is 0.967 bits per heavy atom. The Morgan fingerprint density at radius 3 is 2.50 bits per heavy atom. The van der Waals surface area contributed by atoms with Gasteiger partial charge in [0.1, 0.15) is 0 Å². The fourth-order valence-electron chi connectivity index (χ4n) is 3.95. The third-order valence-electron chi connectivity index (χ3n) is 5.80. The van der Waals surface area contributed by atoms with Crippen LogP contribution in [0, 0.1) is 6.92 Å². The van der Waals surface area contributed by atoms with Crippen molar-refractivity contribution in [2.45, 2.75) is 6.92 Å². The van der Waals surface area contributed by atoms with Crippen LogP contribution < -0.4 is 10.2 Å². The van der Waals surface area contributed by atoms with Crippen LogP contribution >= 0.6 is 0 Å². The molecular weight excluding hydrogens is 372 g/mol. The van der Waals surface area contributed by atoms with Crippen molar-refractivity contribution < 1.29 is 0 Å². The van der Waals surface area contributed by atoms with Crippen molar-refractivity contribution in [1.29, 1.82) is 0 Å². The average molecular weight is 399 g/mol. The molecular formula is C24H26N6. The highest BCUT2D eigenvalue weighted by molar-refractivity contribution is 5.83. The van der Waals surface area contributed by atoms with E-state index in [1.165, 1.54) is 16.8 Å². The first-order valence-electron chi connectivity index (χ1n) is 10.4. The van der Waals surface area contributed by atoms with Gasteiger partial charge in [-0.2, -0.15) is 0 Å². The summed E-state index contributed by atoms with van der Waals surface area (Å²) in [6.45, 7) is 6.47. The molecule has 0 saturated carbocycles. The van der Waals surface area contributed by atoms with Crippen molar-refractivity contribution in [3.8, 4) is 11.3 Å². The summed E-state index contributed by atoms with van der Waals surface area (Å²) in [6, 6.07) is 18.9. The lowest BCUT2D eigenvalue weighted by molar-refractivity contribution is 0.313. The van der Waals surface area contributed by atoms with Gasteiger partial charge in [0.2, 0.25) is 5.95 Å². The molecule has 1 saturated heterocycles.